The molecule has 3 nitrogen and oxygen atoms in total. The predicted molar refractivity (Wildman–Crippen MR) is 73.5 cm³/mol. The van der Waals surface area contributed by atoms with Gasteiger partial charge in [-0.05, 0) is 18.3 Å². The van der Waals surface area contributed by atoms with Crippen molar-refractivity contribution < 1.29 is 0 Å². The molecule has 0 fully saturated rings. The summed E-state index contributed by atoms with van der Waals surface area (Å²) in [6.45, 7) is 9.70. The zero-order valence-electron chi connectivity index (χ0n) is 11.1. The lowest BCUT2D eigenvalue weighted by Gasteiger charge is -2.16. The second kappa shape index (κ2) is 6.80. The van der Waals surface area contributed by atoms with Gasteiger partial charge in [0.15, 0.2) is 0 Å². The molecule has 96 valence electrons. The molecular weight excluding hydrogens is 234 g/mol. The molecule has 0 aliphatic rings. The molecule has 0 bridgehead atoms. The van der Waals surface area contributed by atoms with Gasteiger partial charge in [-0.1, -0.05) is 39.3 Å². The number of halogens is 1. The molecule has 0 saturated carbocycles. The van der Waals surface area contributed by atoms with Crippen LogP contribution in [0.4, 0.5) is 5.82 Å². The maximum Gasteiger partial charge on any atom is 0.134 e. The average Bonchev–Trinajstić information content (AvgIpc) is 2.25. The number of anilines is 1. The van der Waals surface area contributed by atoms with E-state index in [4.69, 9.17) is 11.6 Å². The van der Waals surface area contributed by atoms with E-state index in [-0.39, 0.29) is 0 Å². The largest absolute Gasteiger partial charge is 0.370 e. The molecule has 4 heteroatoms. The Balaban J connectivity index is 2.64. The molecule has 0 aliphatic heterocycles. The van der Waals surface area contributed by atoms with E-state index < -0.39 is 0 Å². The summed E-state index contributed by atoms with van der Waals surface area (Å²) in [5, 5.41) is 3.85. The third-order valence-electron chi connectivity index (χ3n) is 2.96. The van der Waals surface area contributed by atoms with Crippen molar-refractivity contribution in [3.05, 3.63) is 17.0 Å². The number of nitrogens with one attached hydrogen (secondary N) is 1. The molecule has 1 aromatic heterocycles. The number of aryl methyl sites for hydroxylation is 1. The Morgan fingerprint density at radius 3 is 2.59 bits per heavy atom. The molecule has 1 aromatic rings. The minimum absolute atomic E-state index is 0.517. The van der Waals surface area contributed by atoms with Gasteiger partial charge in [-0.15, -0.1) is 0 Å². The van der Waals surface area contributed by atoms with Crippen LogP contribution in [0.3, 0.4) is 0 Å². The van der Waals surface area contributed by atoms with Gasteiger partial charge in [-0.2, -0.15) is 0 Å². The van der Waals surface area contributed by atoms with Gasteiger partial charge in [-0.3, -0.25) is 0 Å². The number of aromatic nitrogens is 2. The molecule has 0 aliphatic carbocycles. The molecule has 1 heterocycles. The lowest BCUT2D eigenvalue weighted by molar-refractivity contribution is 0.439. The van der Waals surface area contributed by atoms with Gasteiger partial charge in [0, 0.05) is 19.0 Å². The summed E-state index contributed by atoms with van der Waals surface area (Å²) in [5.74, 6) is 2.92. The van der Waals surface area contributed by atoms with Crippen molar-refractivity contribution in [2.75, 3.05) is 11.9 Å². The summed E-state index contributed by atoms with van der Waals surface area (Å²) in [5.41, 5.74) is 0. The fraction of sp³-hybridized carbons (Fsp3) is 0.692. The minimum Gasteiger partial charge on any atom is -0.370 e. The summed E-state index contributed by atoms with van der Waals surface area (Å²) in [4.78, 5) is 8.65. The molecule has 0 spiro atoms. The Hall–Kier alpha value is -0.830. The molecule has 17 heavy (non-hydrogen) atoms. The standard InChI is InChI=1S/C13H22ClN3/c1-5-6-12-16-11(14)7-13(17-12)15-8-10(4)9(2)3/h7,9-10H,5-6,8H2,1-4H3,(H,15,16,17). The zero-order valence-corrected chi connectivity index (χ0v) is 11.9. The van der Waals surface area contributed by atoms with Crippen LogP contribution in [0.5, 0.6) is 0 Å². The molecular formula is C13H22ClN3. The van der Waals surface area contributed by atoms with Crippen LogP contribution >= 0.6 is 11.6 Å². The van der Waals surface area contributed by atoms with Crippen LogP contribution in [0.1, 0.15) is 39.9 Å². The fourth-order valence-electron chi connectivity index (χ4n) is 1.39. The summed E-state index contributed by atoms with van der Waals surface area (Å²) in [6.07, 6.45) is 1.90. The zero-order chi connectivity index (χ0) is 12.8. The first-order valence-corrected chi connectivity index (χ1v) is 6.68. The van der Waals surface area contributed by atoms with Crippen molar-refractivity contribution in [3.8, 4) is 0 Å². The van der Waals surface area contributed by atoms with E-state index >= 15 is 0 Å². The van der Waals surface area contributed by atoms with E-state index in [2.05, 4.69) is 43.0 Å². The lowest BCUT2D eigenvalue weighted by Crippen LogP contribution is -2.17. The monoisotopic (exact) mass is 255 g/mol. The third-order valence-corrected chi connectivity index (χ3v) is 3.15. The highest BCUT2D eigenvalue weighted by atomic mass is 35.5. The van der Waals surface area contributed by atoms with Crippen molar-refractivity contribution in [2.24, 2.45) is 11.8 Å². The summed E-state index contributed by atoms with van der Waals surface area (Å²) >= 11 is 5.97. The van der Waals surface area contributed by atoms with E-state index in [0.717, 1.165) is 31.0 Å². The van der Waals surface area contributed by atoms with E-state index in [1.165, 1.54) is 0 Å². The van der Waals surface area contributed by atoms with Crippen LogP contribution in [0.2, 0.25) is 5.15 Å². The maximum atomic E-state index is 5.97. The SMILES string of the molecule is CCCc1nc(Cl)cc(NCC(C)C(C)C)n1. The van der Waals surface area contributed by atoms with Crippen molar-refractivity contribution >= 4 is 17.4 Å². The van der Waals surface area contributed by atoms with Gasteiger partial charge in [0.25, 0.3) is 0 Å². The molecule has 0 aromatic carbocycles. The van der Waals surface area contributed by atoms with Gasteiger partial charge >= 0.3 is 0 Å². The smallest absolute Gasteiger partial charge is 0.134 e. The van der Waals surface area contributed by atoms with E-state index in [0.29, 0.717) is 17.0 Å². The first kappa shape index (κ1) is 14.2. The van der Waals surface area contributed by atoms with Crippen LogP contribution in [0.15, 0.2) is 6.07 Å². The van der Waals surface area contributed by atoms with Gasteiger partial charge in [0.2, 0.25) is 0 Å². The topological polar surface area (TPSA) is 37.8 Å². The number of rotatable bonds is 6. The fourth-order valence-corrected chi connectivity index (χ4v) is 1.59. The molecule has 0 radical (unpaired) electrons. The Labute approximate surface area is 109 Å². The predicted octanol–water partition coefficient (Wildman–Crippen LogP) is 3.79. The Kier molecular flexibility index (Phi) is 5.69. The van der Waals surface area contributed by atoms with Gasteiger partial charge < -0.3 is 5.32 Å². The van der Waals surface area contributed by atoms with Crippen molar-refractivity contribution in [3.63, 3.8) is 0 Å². The quantitative estimate of drug-likeness (QED) is 0.786. The highest BCUT2D eigenvalue weighted by Gasteiger charge is 2.08. The van der Waals surface area contributed by atoms with Crippen molar-refractivity contribution in [2.45, 2.75) is 40.5 Å². The normalized spacial score (nSPS) is 12.8. The highest BCUT2D eigenvalue weighted by Crippen LogP contribution is 2.15. The Morgan fingerprint density at radius 1 is 1.29 bits per heavy atom. The van der Waals surface area contributed by atoms with Crippen molar-refractivity contribution in [1.29, 1.82) is 0 Å². The summed E-state index contributed by atoms with van der Waals surface area (Å²) in [7, 11) is 0. The van der Waals surface area contributed by atoms with Crippen LogP contribution < -0.4 is 5.32 Å². The maximum absolute atomic E-state index is 5.97. The van der Waals surface area contributed by atoms with E-state index in [1.54, 1.807) is 6.07 Å². The van der Waals surface area contributed by atoms with E-state index in [9.17, 15) is 0 Å². The third kappa shape index (κ3) is 4.90. The molecule has 0 saturated heterocycles. The second-order valence-corrected chi connectivity index (χ2v) is 5.23. The van der Waals surface area contributed by atoms with Crippen LogP contribution in [0.25, 0.3) is 0 Å². The summed E-state index contributed by atoms with van der Waals surface area (Å²) in [6, 6.07) is 1.79. The molecule has 1 unspecified atom stereocenters. The Bertz CT molecular complexity index is 353. The molecule has 0 amide bonds. The molecule has 1 N–H and O–H groups in total. The number of nitrogens with zero attached hydrogens (tertiary/aromatic N) is 2. The molecule has 1 rings (SSSR count). The number of hydrogen-bond donors (Lipinski definition) is 1. The van der Waals surface area contributed by atoms with Gasteiger partial charge in [0.1, 0.15) is 16.8 Å². The first-order chi connectivity index (χ1) is 8.02. The van der Waals surface area contributed by atoms with Gasteiger partial charge in [0.05, 0.1) is 0 Å². The van der Waals surface area contributed by atoms with Crippen LogP contribution in [-0.2, 0) is 6.42 Å². The molecule has 1 atom stereocenters. The first-order valence-electron chi connectivity index (χ1n) is 6.30. The van der Waals surface area contributed by atoms with Crippen LogP contribution in [0, 0.1) is 11.8 Å². The van der Waals surface area contributed by atoms with Gasteiger partial charge in [-0.25, -0.2) is 9.97 Å². The number of hydrogen-bond acceptors (Lipinski definition) is 3. The second-order valence-electron chi connectivity index (χ2n) is 4.84. The van der Waals surface area contributed by atoms with Crippen LogP contribution in [-0.4, -0.2) is 16.5 Å². The summed E-state index contributed by atoms with van der Waals surface area (Å²) < 4.78 is 0. The van der Waals surface area contributed by atoms with E-state index in [1.807, 2.05) is 0 Å². The van der Waals surface area contributed by atoms with Crippen molar-refractivity contribution in [1.82, 2.24) is 9.97 Å². The average molecular weight is 256 g/mol. The Morgan fingerprint density at radius 2 is 2.00 bits per heavy atom. The minimum atomic E-state index is 0.517. The lowest BCUT2D eigenvalue weighted by atomic mass is 9.98. The highest BCUT2D eigenvalue weighted by molar-refractivity contribution is 6.29.